The van der Waals surface area contributed by atoms with E-state index in [9.17, 15) is 0 Å². The fourth-order valence-corrected chi connectivity index (χ4v) is 3.19. The summed E-state index contributed by atoms with van der Waals surface area (Å²) >= 11 is 1.98. The minimum absolute atomic E-state index is 0.534. The van der Waals surface area contributed by atoms with Crippen molar-refractivity contribution in [1.29, 1.82) is 0 Å². The van der Waals surface area contributed by atoms with E-state index in [0.29, 0.717) is 11.6 Å². The number of hydrogen-bond donors (Lipinski definition) is 1. The van der Waals surface area contributed by atoms with Crippen LogP contribution in [0.4, 0.5) is 5.69 Å². The number of anilines is 1. The molecule has 3 heterocycles. The highest BCUT2D eigenvalue weighted by Crippen LogP contribution is 2.31. The Balaban J connectivity index is 2.15. The first kappa shape index (κ1) is 9.03. The molecule has 2 aromatic heterocycles. The smallest absolute Gasteiger partial charge is 0.183 e. The first-order valence-corrected chi connectivity index (χ1v) is 6.18. The molecule has 1 atom stereocenters. The van der Waals surface area contributed by atoms with Gasteiger partial charge in [0, 0.05) is 17.9 Å². The molecule has 1 unspecified atom stereocenters. The van der Waals surface area contributed by atoms with Gasteiger partial charge in [-0.25, -0.2) is 0 Å². The fourth-order valence-electron chi connectivity index (χ4n) is 1.97. The van der Waals surface area contributed by atoms with Crippen molar-refractivity contribution in [3.8, 4) is 0 Å². The highest BCUT2D eigenvalue weighted by atomic mass is 32.2. The molecule has 1 aliphatic rings. The molecule has 1 saturated heterocycles. The number of thioether (sulfide) groups is 1. The van der Waals surface area contributed by atoms with Crippen LogP contribution in [0.1, 0.15) is 18.2 Å². The zero-order valence-electron chi connectivity index (χ0n) is 8.26. The highest BCUT2D eigenvalue weighted by Gasteiger charge is 2.22. The van der Waals surface area contributed by atoms with Crippen LogP contribution in [0, 0.1) is 0 Å². The molecule has 0 amide bonds. The monoisotopic (exact) mass is 220 g/mol. The van der Waals surface area contributed by atoms with Crippen molar-refractivity contribution in [1.82, 2.24) is 14.6 Å². The van der Waals surface area contributed by atoms with E-state index in [1.807, 2.05) is 34.5 Å². The van der Waals surface area contributed by atoms with Crippen LogP contribution in [0.25, 0.3) is 5.65 Å². The summed E-state index contributed by atoms with van der Waals surface area (Å²) in [6, 6.07) is 3.80. The Morgan fingerprint density at radius 1 is 1.47 bits per heavy atom. The number of nitrogens with two attached hydrogens (primary N) is 1. The van der Waals surface area contributed by atoms with E-state index < -0.39 is 0 Å². The van der Waals surface area contributed by atoms with Crippen LogP contribution in [-0.2, 0) is 0 Å². The van der Waals surface area contributed by atoms with Crippen molar-refractivity contribution in [2.75, 3.05) is 17.2 Å². The average Bonchev–Trinajstić information content (AvgIpc) is 2.85. The second-order valence-electron chi connectivity index (χ2n) is 3.78. The van der Waals surface area contributed by atoms with Crippen molar-refractivity contribution < 1.29 is 0 Å². The van der Waals surface area contributed by atoms with Crippen molar-refractivity contribution in [2.45, 2.75) is 12.3 Å². The third-order valence-corrected chi connectivity index (χ3v) is 3.95. The largest absolute Gasteiger partial charge is 0.396 e. The maximum absolute atomic E-state index is 5.84. The van der Waals surface area contributed by atoms with Gasteiger partial charge < -0.3 is 5.73 Å². The lowest BCUT2D eigenvalue weighted by atomic mass is 10.1. The fraction of sp³-hybridized carbons (Fsp3) is 0.400. The first-order valence-electron chi connectivity index (χ1n) is 5.03. The molecule has 15 heavy (non-hydrogen) atoms. The maximum Gasteiger partial charge on any atom is 0.183 e. The molecule has 0 saturated carbocycles. The lowest BCUT2D eigenvalue weighted by Crippen LogP contribution is -2.03. The third-order valence-electron chi connectivity index (χ3n) is 2.79. The summed E-state index contributed by atoms with van der Waals surface area (Å²) in [4.78, 5) is 0. The minimum Gasteiger partial charge on any atom is -0.396 e. The van der Waals surface area contributed by atoms with Gasteiger partial charge >= 0.3 is 0 Å². The standard InChI is InChI=1S/C10H12N4S/c11-8-2-1-4-14-9(12-13-10(8)14)7-3-5-15-6-7/h1-2,4,7H,3,5-6,11H2. The molecule has 1 fully saturated rings. The molecule has 5 heteroatoms. The van der Waals surface area contributed by atoms with Gasteiger partial charge in [-0.2, -0.15) is 11.8 Å². The Hall–Kier alpha value is -1.23. The van der Waals surface area contributed by atoms with Crippen molar-refractivity contribution in [3.63, 3.8) is 0 Å². The van der Waals surface area contributed by atoms with E-state index in [1.165, 1.54) is 12.2 Å². The summed E-state index contributed by atoms with van der Waals surface area (Å²) in [7, 11) is 0. The van der Waals surface area contributed by atoms with E-state index in [1.54, 1.807) is 0 Å². The number of nitrogens with zero attached hydrogens (tertiary/aromatic N) is 3. The quantitative estimate of drug-likeness (QED) is 0.792. The number of rotatable bonds is 1. The topological polar surface area (TPSA) is 56.2 Å². The summed E-state index contributed by atoms with van der Waals surface area (Å²) < 4.78 is 2.02. The molecular formula is C10H12N4S. The maximum atomic E-state index is 5.84. The van der Waals surface area contributed by atoms with Gasteiger partial charge in [0.15, 0.2) is 5.65 Å². The molecule has 2 N–H and O–H groups in total. The van der Waals surface area contributed by atoms with Crippen LogP contribution in [0.2, 0.25) is 0 Å². The second kappa shape index (κ2) is 3.41. The van der Waals surface area contributed by atoms with Crippen LogP contribution in [0.15, 0.2) is 18.3 Å². The molecule has 0 radical (unpaired) electrons. The Morgan fingerprint density at radius 2 is 2.40 bits per heavy atom. The Bertz CT molecular complexity index is 487. The Labute approximate surface area is 91.9 Å². The first-order chi connectivity index (χ1) is 7.36. The summed E-state index contributed by atoms with van der Waals surface area (Å²) in [5.74, 6) is 3.96. The molecule has 2 aromatic rings. The van der Waals surface area contributed by atoms with Gasteiger partial charge in [0.25, 0.3) is 0 Å². The van der Waals surface area contributed by atoms with Gasteiger partial charge in [-0.05, 0) is 24.3 Å². The van der Waals surface area contributed by atoms with Gasteiger partial charge in [0.2, 0.25) is 0 Å². The zero-order chi connectivity index (χ0) is 10.3. The minimum atomic E-state index is 0.534. The molecule has 1 aliphatic heterocycles. The number of hydrogen-bond acceptors (Lipinski definition) is 4. The number of pyridine rings is 1. The van der Waals surface area contributed by atoms with Gasteiger partial charge in [0.1, 0.15) is 5.82 Å². The molecule has 0 bridgehead atoms. The number of fused-ring (bicyclic) bond motifs is 1. The summed E-state index contributed by atoms with van der Waals surface area (Å²) in [5.41, 5.74) is 7.32. The molecule has 0 spiro atoms. The molecule has 0 aliphatic carbocycles. The van der Waals surface area contributed by atoms with Gasteiger partial charge in [-0.3, -0.25) is 4.40 Å². The number of aromatic nitrogens is 3. The predicted molar refractivity (Wildman–Crippen MR) is 62.1 cm³/mol. The van der Waals surface area contributed by atoms with Crippen LogP contribution in [-0.4, -0.2) is 26.1 Å². The lowest BCUT2D eigenvalue weighted by Gasteiger charge is -2.05. The second-order valence-corrected chi connectivity index (χ2v) is 4.93. The molecule has 4 nitrogen and oxygen atoms in total. The van der Waals surface area contributed by atoms with Crippen molar-refractivity contribution in [2.24, 2.45) is 0 Å². The van der Waals surface area contributed by atoms with Crippen LogP contribution < -0.4 is 5.73 Å². The van der Waals surface area contributed by atoms with Gasteiger partial charge in [0.05, 0.1) is 5.69 Å². The SMILES string of the molecule is Nc1cccn2c(C3CCSC3)nnc12. The normalized spacial score (nSPS) is 21.2. The van der Waals surface area contributed by atoms with Crippen LogP contribution >= 0.6 is 11.8 Å². The van der Waals surface area contributed by atoms with E-state index in [-0.39, 0.29) is 0 Å². The summed E-state index contributed by atoms with van der Waals surface area (Å²) in [6.07, 6.45) is 3.18. The Morgan fingerprint density at radius 3 is 3.20 bits per heavy atom. The number of nitrogen functional groups attached to an aromatic ring is 1. The van der Waals surface area contributed by atoms with E-state index in [2.05, 4.69) is 10.2 Å². The van der Waals surface area contributed by atoms with Crippen LogP contribution in [0.3, 0.4) is 0 Å². The van der Waals surface area contributed by atoms with E-state index >= 15 is 0 Å². The van der Waals surface area contributed by atoms with Gasteiger partial charge in [-0.1, -0.05) is 0 Å². The molecular weight excluding hydrogens is 208 g/mol. The lowest BCUT2D eigenvalue weighted by molar-refractivity contribution is 0.705. The molecule has 0 aromatic carbocycles. The van der Waals surface area contributed by atoms with E-state index in [4.69, 9.17) is 5.73 Å². The predicted octanol–water partition coefficient (Wildman–Crippen LogP) is 1.53. The van der Waals surface area contributed by atoms with E-state index in [0.717, 1.165) is 17.2 Å². The summed E-state index contributed by atoms with van der Waals surface area (Å²) in [6.45, 7) is 0. The van der Waals surface area contributed by atoms with Crippen molar-refractivity contribution >= 4 is 23.1 Å². The molecule has 3 rings (SSSR count). The highest BCUT2D eigenvalue weighted by molar-refractivity contribution is 7.99. The Kier molecular flexibility index (Phi) is 2.05. The summed E-state index contributed by atoms with van der Waals surface area (Å²) in [5, 5.41) is 8.40. The van der Waals surface area contributed by atoms with Gasteiger partial charge in [-0.15, -0.1) is 10.2 Å². The third kappa shape index (κ3) is 1.38. The zero-order valence-corrected chi connectivity index (χ0v) is 9.07. The van der Waals surface area contributed by atoms with Crippen molar-refractivity contribution in [3.05, 3.63) is 24.2 Å². The van der Waals surface area contributed by atoms with Crippen LogP contribution in [0.5, 0.6) is 0 Å². The molecule has 78 valence electrons. The average molecular weight is 220 g/mol.